The van der Waals surface area contributed by atoms with Crippen LogP contribution in [0.25, 0.3) is 0 Å². The van der Waals surface area contributed by atoms with Crippen LogP contribution in [0.4, 0.5) is 0 Å². The summed E-state index contributed by atoms with van der Waals surface area (Å²) in [6.45, 7) is 4.83. The molecule has 0 saturated heterocycles. The minimum absolute atomic E-state index is 0.0938. The highest BCUT2D eigenvalue weighted by molar-refractivity contribution is 6.25. The zero-order valence-electron chi connectivity index (χ0n) is 11.5. The van der Waals surface area contributed by atoms with Crippen molar-refractivity contribution in [1.82, 2.24) is 4.90 Å². The molecule has 0 unspecified atom stereocenters. The van der Waals surface area contributed by atoms with Crippen LogP contribution in [0.1, 0.15) is 46.5 Å². The van der Waals surface area contributed by atoms with E-state index in [1.165, 1.54) is 13.0 Å². The summed E-state index contributed by atoms with van der Waals surface area (Å²) in [6.07, 6.45) is 4.18. The molecule has 0 aliphatic carbocycles. The summed E-state index contributed by atoms with van der Waals surface area (Å²) in [5, 5.41) is 9.94. The monoisotopic (exact) mass is 265 g/mol. The summed E-state index contributed by atoms with van der Waals surface area (Å²) in [7, 11) is 0. The van der Waals surface area contributed by atoms with Crippen molar-refractivity contribution in [1.29, 1.82) is 0 Å². The summed E-state index contributed by atoms with van der Waals surface area (Å²) in [6, 6.07) is 0. The highest BCUT2D eigenvalue weighted by Crippen LogP contribution is 2.29. The molecule has 5 heteroatoms. The van der Waals surface area contributed by atoms with E-state index < -0.39 is 17.6 Å². The van der Waals surface area contributed by atoms with Gasteiger partial charge in [-0.15, -0.1) is 0 Å². The van der Waals surface area contributed by atoms with E-state index in [-0.39, 0.29) is 23.5 Å². The number of unbranched alkanes of at least 4 members (excludes halogenated alkanes) is 2. The molecular formula is C14H19NO4. The van der Waals surface area contributed by atoms with E-state index in [1.54, 1.807) is 6.92 Å². The van der Waals surface area contributed by atoms with Crippen LogP contribution in [0.15, 0.2) is 23.1 Å². The van der Waals surface area contributed by atoms with E-state index in [0.29, 0.717) is 6.42 Å². The maximum atomic E-state index is 12.0. The van der Waals surface area contributed by atoms with E-state index in [9.17, 15) is 19.5 Å². The van der Waals surface area contributed by atoms with Gasteiger partial charge >= 0.3 is 0 Å². The van der Waals surface area contributed by atoms with Gasteiger partial charge in [-0.3, -0.25) is 14.4 Å². The fourth-order valence-electron chi connectivity index (χ4n) is 2.05. The average molecular weight is 265 g/mol. The van der Waals surface area contributed by atoms with Crippen LogP contribution >= 0.6 is 0 Å². The first-order valence-electron chi connectivity index (χ1n) is 6.43. The number of hydrogen-bond acceptors (Lipinski definition) is 4. The highest BCUT2D eigenvalue weighted by Gasteiger charge is 2.40. The molecule has 0 aromatic rings. The Labute approximate surface area is 112 Å². The third-order valence-electron chi connectivity index (χ3n) is 3.01. The molecule has 0 aromatic heterocycles. The molecule has 2 amide bonds. The molecule has 1 aliphatic heterocycles. The number of carbonyl (C=O) groups is 3. The van der Waals surface area contributed by atoms with Gasteiger partial charge in [0.1, 0.15) is 5.57 Å². The molecule has 0 saturated carbocycles. The standard InChI is InChI=1S/C14H19NO4/c1-4-6-7-8-11(17)12-13(18)10(5-2)15(9(3)16)14(12)19/h5,18H,4,6-8H2,1-3H3/b10-5+. The number of amides is 2. The Kier molecular flexibility index (Phi) is 5.03. The molecule has 1 rings (SSSR count). The second-order valence-corrected chi connectivity index (χ2v) is 4.44. The van der Waals surface area contributed by atoms with Gasteiger partial charge in [-0.05, 0) is 13.3 Å². The Morgan fingerprint density at radius 1 is 1.32 bits per heavy atom. The van der Waals surface area contributed by atoms with Crippen molar-refractivity contribution in [2.24, 2.45) is 0 Å². The molecule has 0 atom stereocenters. The summed E-state index contributed by atoms with van der Waals surface area (Å²) in [4.78, 5) is 36.2. The number of rotatable bonds is 5. The van der Waals surface area contributed by atoms with Crippen molar-refractivity contribution in [2.75, 3.05) is 0 Å². The second kappa shape index (κ2) is 6.31. The lowest BCUT2D eigenvalue weighted by Crippen LogP contribution is -2.31. The van der Waals surface area contributed by atoms with Gasteiger partial charge in [0.15, 0.2) is 11.5 Å². The number of aliphatic hydroxyl groups excluding tert-OH is 1. The van der Waals surface area contributed by atoms with Gasteiger partial charge in [-0.1, -0.05) is 25.8 Å². The van der Waals surface area contributed by atoms with Gasteiger partial charge in [-0.2, -0.15) is 0 Å². The molecule has 1 aliphatic rings. The molecule has 0 fully saturated rings. The Balaban J connectivity index is 3.00. The van der Waals surface area contributed by atoms with Gasteiger partial charge in [0, 0.05) is 13.3 Å². The number of carbonyl (C=O) groups excluding carboxylic acids is 3. The summed E-state index contributed by atoms with van der Waals surface area (Å²) in [5.74, 6) is -2.02. The molecule has 0 aromatic carbocycles. The fraction of sp³-hybridized carbons (Fsp3) is 0.500. The number of imide groups is 1. The lowest BCUT2D eigenvalue weighted by atomic mass is 10.0. The SMILES string of the molecule is C/C=C1\C(O)=C(C(=O)CCCCC)C(=O)N1C(C)=O. The minimum atomic E-state index is -0.723. The maximum Gasteiger partial charge on any atom is 0.272 e. The van der Waals surface area contributed by atoms with Crippen LogP contribution in [0.3, 0.4) is 0 Å². The molecule has 0 radical (unpaired) electrons. The van der Waals surface area contributed by atoms with Crippen molar-refractivity contribution in [3.8, 4) is 0 Å². The molecule has 104 valence electrons. The Morgan fingerprint density at radius 3 is 2.37 bits per heavy atom. The largest absolute Gasteiger partial charge is 0.505 e. The summed E-state index contributed by atoms with van der Waals surface area (Å²) >= 11 is 0. The number of Topliss-reactive ketones (excluding diaryl/α,β-unsaturated/α-hetero) is 1. The third kappa shape index (κ3) is 2.92. The van der Waals surface area contributed by atoms with Crippen LogP contribution < -0.4 is 0 Å². The summed E-state index contributed by atoms with van der Waals surface area (Å²) < 4.78 is 0. The second-order valence-electron chi connectivity index (χ2n) is 4.44. The average Bonchev–Trinajstić information content (AvgIpc) is 2.60. The zero-order chi connectivity index (χ0) is 14.6. The Hall–Kier alpha value is -1.91. The number of ketones is 1. The van der Waals surface area contributed by atoms with Crippen molar-refractivity contribution in [3.05, 3.63) is 23.1 Å². The van der Waals surface area contributed by atoms with Crippen LogP contribution in [0.2, 0.25) is 0 Å². The van der Waals surface area contributed by atoms with E-state index in [2.05, 4.69) is 0 Å². The van der Waals surface area contributed by atoms with Gasteiger partial charge in [0.25, 0.3) is 5.91 Å². The number of nitrogens with zero attached hydrogens (tertiary/aromatic N) is 1. The summed E-state index contributed by atoms with van der Waals surface area (Å²) in [5.41, 5.74) is -0.171. The Bertz CT molecular complexity index is 474. The van der Waals surface area contributed by atoms with Gasteiger partial charge in [-0.25, -0.2) is 4.90 Å². The first-order valence-corrected chi connectivity index (χ1v) is 6.43. The molecule has 5 nitrogen and oxygen atoms in total. The van der Waals surface area contributed by atoms with Crippen molar-refractivity contribution in [2.45, 2.75) is 46.5 Å². The highest BCUT2D eigenvalue weighted by atomic mass is 16.3. The smallest absolute Gasteiger partial charge is 0.272 e. The molecule has 19 heavy (non-hydrogen) atoms. The Morgan fingerprint density at radius 2 is 1.95 bits per heavy atom. The van der Waals surface area contributed by atoms with Crippen LogP contribution in [-0.4, -0.2) is 27.6 Å². The van der Waals surface area contributed by atoms with Crippen molar-refractivity contribution in [3.63, 3.8) is 0 Å². The van der Waals surface area contributed by atoms with E-state index in [4.69, 9.17) is 0 Å². The van der Waals surface area contributed by atoms with Crippen LogP contribution in [0, 0.1) is 0 Å². The van der Waals surface area contributed by atoms with Crippen molar-refractivity contribution >= 4 is 17.6 Å². The third-order valence-corrected chi connectivity index (χ3v) is 3.01. The number of hydrogen-bond donors (Lipinski definition) is 1. The first kappa shape index (κ1) is 15.1. The van der Waals surface area contributed by atoms with Gasteiger partial charge in [0.2, 0.25) is 5.91 Å². The molecule has 1 heterocycles. The number of aliphatic hydroxyl groups is 1. The maximum absolute atomic E-state index is 12.0. The fourth-order valence-corrected chi connectivity index (χ4v) is 2.05. The van der Waals surface area contributed by atoms with Crippen LogP contribution in [-0.2, 0) is 14.4 Å². The minimum Gasteiger partial charge on any atom is -0.505 e. The van der Waals surface area contributed by atoms with E-state index in [0.717, 1.165) is 17.7 Å². The van der Waals surface area contributed by atoms with Crippen LogP contribution in [0.5, 0.6) is 0 Å². The van der Waals surface area contributed by atoms with E-state index in [1.807, 2.05) is 6.92 Å². The lowest BCUT2D eigenvalue weighted by Gasteiger charge is -2.13. The molecule has 1 N–H and O–H groups in total. The topological polar surface area (TPSA) is 74.7 Å². The first-order chi connectivity index (χ1) is 8.95. The van der Waals surface area contributed by atoms with E-state index >= 15 is 0 Å². The predicted octanol–water partition coefficient (Wildman–Crippen LogP) is 2.24. The lowest BCUT2D eigenvalue weighted by molar-refractivity contribution is -0.138. The zero-order valence-corrected chi connectivity index (χ0v) is 11.5. The predicted molar refractivity (Wildman–Crippen MR) is 70.1 cm³/mol. The normalized spacial score (nSPS) is 17.5. The van der Waals surface area contributed by atoms with Crippen molar-refractivity contribution < 1.29 is 19.5 Å². The quantitative estimate of drug-likeness (QED) is 0.611. The molecule has 0 spiro atoms. The van der Waals surface area contributed by atoms with Gasteiger partial charge in [0.05, 0.1) is 5.70 Å². The number of allylic oxidation sites excluding steroid dienone is 1. The molecular weight excluding hydrogens is 246 g/mol. The molecule has 0 bridgehead atoms. The van der Waals surface area contributed by atoms with Gasteiger partial charge < -0.3 is 5.11 Å².